The van der Waals surface area contributed by atoms with Gasteiger partial charge in [-0.05, 0) is 19.2 Å². The molecule has 3 aromatic rings. The van der Waals surface area contributed by atoms with Crippen LogP contribution in [0.1, 0.15) is 5.82 Å². The summed E-state index contributed by atoms with van der Waals surface area (Å²) in [6, 6.07) is 7.53. The highest BCUT2D eigenvalue weighted by Crippen LogP contribution is 2.25. The predicted octanol–water partition coefficient (Wildman–Crippen LogP) is 1.18. The SMILES string of the molecule is COc1ccccc1OCCN(C)Cc1nc2c(cnn2C)c(=O)[nH]1. The van der Waals surface area contributed by atoms with E-state index in [0.29, 0.717) is 48.1 Å². The molecule has 2 heterocycles. The maximum Gasteiger partial charge on any atom is 0.262 e. The quantitative estimate of drug-likeness (QED) is 0.693. The minimum atomic E-state index is -0.174. The second-order valence-corrected chi connectivity index (χ2v) is 5.76. The average molecular weight is 343 g/mol. The second-order valence-electron chi connectivity index (χ2n) is 5.76. The van der Waals surface area contributed by atoms with Gasteiger partial charge in [0.1, 0.15) is 17.8 Å². The van der Waals surface area contributed by atoms with Crippen LogP contribution in [0.3, 0.4) is 0 Å². The van der Waals surface area contributed by atoms with Gasteiger partial charge in [0.15, 0.2) is 17.1 Å². The monoisotopic (exact) mass is 343 g/mol. The topological polar surface area (TPSA) is 85.3 Å². The fraction of sp³-hybridized carbons (Fsp3) is 0.353. The number of ether oxygens (including phenoxy) is 2. The molecule has 0 saturated heterocycles. The summed E-state index contributed by atoms with van der Waals surface area (Å²) in [5.74, 6) is 2.01. The first-order chi connectivity index (χ1) is 12.1. The Balaban J connectivity index is 1.60. The summed E-state index contributed by atoms with van der Waals surface area (Å²) in [4.78, 5) is 21.4. The second kappa shape index (κ2) is 7.35. The van der Waals surface area contributed by atoms with Crippen molar-refractivity contribution in [2.45, 2.75) is 6.54 Å². The Morgan fingerprint density at radius 1 is 1.28 bits per heavy atom. The van der Waals surface area contributed by atoms with E-state index in [4.69, 9.17) is 9.47 Å². The number of aromatic amines is 1. The molecule has 0 aliphatic rings. The van der Waals surface area contributed by atoms with E-state index in [1.165, 1.54) is 6.20 Å². The van der Waals surface area contributed by atoms with Gasteiger partial charge in [0, 0.05) is 13.6 Å². The molecule has 8 nitrogen and oxygen atoms in total. The van der Waals surface area contributed by atoms with Crippen molar-refractivity contribution in [3.63, 3.8) is 0 Å². The lowest BCUT2D eigenvalue weighted by molar-refractivity contribution is 0.223. The number of nitrogens with zero attached hydrogens (tertiary/aromatic N) is 4. The number of H-pyrrole nitrogens is 1. The number of aromatic nitrogens is 4. The molecule has 0 bridgehead atoms. The molecule has 0 spiro atoms. The molecule has 0 unspecified atom stereocenters. The molecule has 0 aliphatic heterocycles. The molecular formula is C17H21N5O3. The van der Waals surface area contributed by atoms with Crippen LogP contribution in [-0.2, 0) is 13.6 Å². The zero-order chi connectivity index (χ0) is 17.8. The fourth-order valence-electron chi connectivity index (χ4n) is 2.54. The summed E-state index contributed by atoms with van der Waals surface area (Å²) >= 11 is 0. The van der Waals surface area contributed by atoms with Crippen LogP contribution in [0.15, 0.2) is 35.3 Å². The van der Waals surface area contributed by atoms with Crippen molar-refractivity contribution in [1.29, 1.82) is 0 Å². The Hall–Kier alpha value is -2.87. The molecule has 3 rings (SSSR count). The molecule has 0 fully saturated rings. The number of hydrogen-bond acceptors (Lipinski definition) is 6. The number of methoxy groups -OCH3 is 1. The van der Waals surface area contributed by atoms with Gasteiger partial charge >= 0.3 is 0 Å². The zero-order valence-corrected chi connectivity index (χ0v) is 14.5. The van der Waals surface area contributed by atoms with Crippen molar-refractivity contribution in [1.82, 2.24) is 24.6 Å². The normalized spacial score (nSPS) is 11.2. The van der Waals surface area contributed by atoms with Gasteiger partial charge in [-0.3, -0.25) is 14.4 Å². The smallest absolute Gasteiger partial charge is 0.262 e. The number of hydrogen-bond donors (Lipinski definition) is 1. The lowest BCUT2D eigenvalue weighted by Crippen LogP contribution is -2.26. The molecule has 0 saturated carbocycles. The summed E-state index contributed by atoms with van der Waals surface area (Å²) in [5, 5.41) is 4.56. The van der Waals surface area contributed by atoms with Crippen LogP contribution < -0.4 is 15.0 Å². The third-order valence-corrected chi connectivity index (χ3v) is 3.87. The molecule has 132 valence electrons. The summed E-state index contributed by atoms with van der Waals surface area (Å²) < 4.78 is 12.6. The first-order valence-corrected chi connectivity index (χ1v) is 7.93. The van der Waals surface area contributed by atoms with Crippen molar-refractivity contribution in [3.8, 4) is 11.5 Å². The molecule has 25 heavy (non-hydrogen) atoms. The van der Waals surface area contributed by atoms with E-state index < -0.39 is 0 Å². The summed E-state index contributed by atoms with van der Waals surface area (Å²) in [6.07, 6.45) is 1.52. The third kappa shape index (κ3) is 3.80. The molecule has 1 aromatic carbocycles. The van der Waals surface area contributed by atoms with Crippen LogP contribution in [0.25, 0.3) is 11.0 Å². The number of rotatable bonds is 7. The molecule has 0 aliphatic carbocycles. The summed E-state index contributed by atoms with van der Waals surface area (Å²) in [5.41, 5.74) is 0.407. The Bertz CT molecular complexity index is 918. The summed E-state index contributed by atoms with van der Waals surface area (Å²) in [6.45, 7) is 1.67. The number of para-hydroxylation sites is 2. The van der Waals surface area contributed by atoms with Crippen LogP contribution in [0.4, 0.5) is 0 Å². The van der Waals surface area contributed by atoms with E-state index in [1.807, 2.05) is 36.2 Å². The van der Waals surface area contributed by atoms with Crippen molar-refractivity contribution < 1.29 is 9.47 Å². The maximum atomic E-state index is 12.1. The van der Waals surface area contributed by atoms with Gasteiger partial charge in [-0.1, -0.05) is 12.1 Å². The number of benzene rings is 1. The molecule has 0 radical (unpaired) electrons. The van der Waals surface area contributed by atoms with Gasteiger partial charge in [-0.15, -0.1) is 0 Å². The Morgan fingerprint density at radius 2 is 2.04 bits per heavy atom. The maximum absolute atomic E-state index is 12.1. The molecule has 1 N–H and O–H groups in total. The standard InChI is InChI=1S/C17H21N5O3/c1-21(8-9-25-14-7-5-4-6-13(14)24-3)11-15-19-16-12(17(23)20-15)10-18-22(16)2/h4-7,10H,8-9,11H2,1-3H3,(H,19,20,23). The third-order valence-electron chi connectivity index (χ3n) is 3.87. The van der Waals surface area contributed by atoms with Gasteiger partial charge in [-0.25, -0.2) is 4.98 Å². The Labute approximate surface area is 145 Å². The van der Waals surface area contributed by atoms with E-state index in [9.17, 15) is 4.79 Å². The number of likely N-dealkylation sites (N-methyl/N-ethyl adjacent to an activating group) is 1. The largest absolute Gasteiger partial charge is 0.493 e. The molecule has 2 aromatic heterocycles. The highest BCUT2D eigenvalue weighted by Gasteiger charge is 2.10. The van der Waals surface area contributed by atoms with Gasteiger partial charge in [0.05, 0.1) is 19.9 Å². The van der Waals surface area contributed by atoms with Gasteiger partial charge in [0.2, 0.25) is 0 Å². The lowest BCUT2D eigenvalue weighted by Gasteiger charge is -2.17. The first kappa shape index (κ1) is 17.0. The van der Waals surface area contributed by atoms with Crippen molar-refractivity contribution >= 4 is 11.0 Å². The van der Waals surface area contributed by atoms with Gasteiger partial charge in [-0.2, -0.15) is 5.10 Å². The highest BCUT2D eigenvalue weighted by molar-refractivity contribution is 5.72. The summed E-state index contributed by atoms with van der Waals surface area (Å²) in [7, 11) is 5.33. The van der Waals surface area contributed by atoms with E-state index in [1.54, 1.807) is 18.8 Å². The number of aryl methyl sites for hydroxylation is 1. The van der Waals surface area contributed by atoms with Crippen molar-refractivity contribution in [2.75, 3.05) is 27.3 Å². The van der Waals surface area contributed by atoms with Gasteiger partial charge < -0.3 is 14.5 Å². The molecule has 8 heteroatoms. The number of fused-ring (bicyclic) bond motifs is 1. The predicted molar refractivity (Wildman–Crippen MR) is 94.0 cm³/mol. The van der Waals surface area contributed by atoms with Crippen LogP contribution in [0, 0.1) is 0 Å². The van der Waals surface area contributed by atoms with E-state index in [2.05, 4.69) is 15.1 Å². The van der Waals surface area contributed by atoms with Crippen LogP contribution >= 0.6 is 0 Å². The van der Waals surface area contributed by atoms with E-state index in [-0.39, 0.29) is 5.56 Å². The minimum Gasteiger partial charge on any atom is -0.493 e. The Kier molecular flexibility index (Phi) is 4.99. The first-order valence-electron chi connectivity index (χ1n) is 7.93. The number of nitrogens with one attached hydrogen (secondary N) is 1. The molecule has 0 amide bonds. The van der Waals surface area contributed by atoms with Crippen molar-refractivity contribution in [3.05, 3.63) is 46.6 Å². The molecule has 0 atom stereocenters. The van der Waals surface area contributed by atoms with Crippen LogP contribution in [0.2, 0.25) is 0 Å². The molecular weight excluding hydrogens is 322 g/mol. The average Bonchev–Trinajstić information content (AvgIpc) is 2.97. The van der Waals surface area contributed by atoms with E-state index in [0.717, 1.165) is 0 Å². The zero-order valence-electron chi connectivity index (χ0n) is 14.5. The highest BCUT2D eigenvalue weighted by atomic mass is 16.5. The van der Waals surface area contributed by atoms with Crippen molar-refractivity contribution in [2.24, 2.45) is 7.05 Å². The van der Waals surface area contributed by atoms with Gasteiger partial charge in [0.25, 0.3) is 5.56 Å². The lowest BCUT2D eigenvalue weighted by atomic mass is 10.3. The van der Waals surface area contributed by atoms with Crippen LogP contribution in [0.5, 0.6) is 11.5 Å². The fourth-order valence-corrected chi connectivity index (χ4v) is 2.54. The van der Waals surface area contributed by atoms with E-state index >= 15 is 0 Å². The minimum absolute atomic E-state index is 0.174. The Morgan fingerprint density at radius 3 is 2.80 bits per heavy atom. The van der Waals surface area contributed by atoms with Crippen LogP contribution in [-0.4, -0.2) is 52.0 Å².